The normalized spacial score (nSPS) is 24.0. The van der Waals surface area contributed by atoms with Crippen LogP contribution in [0.4, 0.5) is 5.95 Å². The number of ether oxygens (including phenoxy) is 1. The van der Waals surface area contributed by atoms with Crippen molar-refractivity contribution in [3.05, 3.63) is 16.7 Å². The zero-order valence-electron chi connectivity index (χ0n) is 15.8. The van der Waals surface area contributed by atoms with Crippen molar-refractivity contribution in [1.29, 1.82) is 0 Å². The van der Waals surface area contributed by atoms with Crippen LogP contribution in [0.15, 0.2) is 11.1 Å². The molecule has 33 heavy (non-hydrogen) atoms. The van der Waals surface area contributed by atoms with E-state index in [0.29, 0.717) is 0 Å². The summed E-state index contributed by atoms with van der Waals surface area (Å²) in [6, 6.07) is 0. The molecule has 0 radical (unpaired) electrons. The summed E-state index contributed by atoms with van der Waals surface area (Å²) in [5, 5.41) is 28.7. The molecule has 1 saturated heterocycles. The Morgan fingerprint density at radius 2 is 1.64 bits per heavy atom. The maximum atomic E-state index is 11.7. The number of nitrogens with zero attached hydrogens (tertiary/aromatic N) is 3. The number of aliphatic hydroxyl groups excluding tert-OH is 3. The van der Waals surface area contributed by atoms with Crippen molar-refractivity contribution in [3.63, 3.8) is 0 Å². The van der Waals surface area contributed by atoms with Gasteiger partial charge in [-0.05, 0) is 0 Å². The molecule has 3 rings (SSSR count). The molecule has 0 aliphatic carbocycles. The largest absolute Gasteiger partial charge is 0.490 e. The lowest BCUT2D eigenvalue weighted by Gasteiger charge is -2.16. The number of nitrogens with two attached hydrogens (primary N) is 1. The number of hydrogen-bond acceptors (Lipinski definition) is 13. The van der Waals surface area contributed by atoms with E-state index in [2.05, 4.69) is 23.6 Å². The molecule has 23 heteroatoms. The minimum atomic E-state index is -5.46. The predicted molar refractivity (Wildman–Crippen MR) is 102 cm³/mol. The fourth-order valence-electron chi connectivity index (χ4n) is 2.52. The van der Waals surface area contributed by atoms with Crippen molar-refractivity contribution in [2.24, 2.45) is 0 Å². The van der Waals surface area contributed by atoms with Gasteiger partial charge in [0.2, 0.25) is 5.95 Å². The molecule has 188 valence electrons. The molecular formula is C10H18N5O15P3. The highest BCUT2D eigenvalue weighted by atomic mass is 31.3. The van der Waals surface area contributed by atoms with Crippen LogP contribution in [0.2, 0.25) is 0 Å². The number of H-pyrrole nitrogens is 1. The van der Waals surface area contributed by atoms with E-state index in [1.54, 1.807) is 0 Å². The number of aromatic nitrogens is 4. The molecule has 0 unspecified atom stereocenters. The van der Waals surface area contributed by atoms with E-state index in [1.165, 1.54) is 10.9 Å². The van der Waals surface area contributed by atoms with E-state index >= 15 is 0 Å². The zero-order valence-corrected chi connectivity index (χ0v) is 18.5. The van der Waals surface area contributed by atoms with Crippen molar-refractivity contribution >= 4 is 40.6 Å². The van der Waals surface area contributed by atoms with Crippen LogP contribution >= 0.6 is 23.5 Å². The molecule has 1 aliphatic heterocycles. The Bertz CT molecular complexity index is 1160. The summed E-state index contributed by atoms with van der Waals surface area (Å²) in [5.41, 5.74) is 5.12. The van der Waals surface area contributed by atoms with Gasteiger partial charge in [0.25, 0.3) is 5.56 Å². The van der Waals surface area contributed by atoms with Gasteiger partial charge in [-0.25, -0.2) is 18.7 Å². The van der Waals surface area contributed by atoms with Crippen LogP contribution in [0.3, 0.4) is 0 Å². The highest BCUT2D eigenvalue weighted by molar-refractivity contribution is 7.66. The smallest absolute Gasteiger partial charge is 0.394 e. The number of phosphoric acid groups is 3. The van der Waals surface area contributed by atoms with Crippen molar-refractivity contribution < 1.29 is 66.8 Å². The van der Waals surface area contributed by atoms with Gasteiger partial charge < -0.3 is 50.3 Å². The maximum absolute atomic E-state index is 11.7. The van der Waals surface area contributed by atoms with Crippen LogP contribution < -0.4 is 11.3 Å². The SMILES string of the molecule is Nc1nc2c(ncn2[C@@H]2O[C@H](CO)[C@@H](O)[C@H]2O)c(=O)[nH]1.O=P(O)(O)OP(=O)(O)OP(=O)(O)O. The second-order valence-corrected chi connectivity index (χ2v) is 10.3. The topological polar surface area (TPSA) is 330 Å². The van der Waals surface area contributed by atoms with Crippen molar-refractivity contribution in [3.8, 4) is 0 Å². The Labute approximate surface area is 181 Å². The highest BCUT2D eigenvalue weighted by Gasteiger charge is 2.44. The molecular weight excluding hydrogens is 523 g/mol. The first-order valence-corrected chi connectivity index (χ1v) is 12.7. The Kier molecular flexibility index (Phi) is 8.33. The quantitative estimate of drug-likeness (QED) is 0.159. The lowest BCUT2D eigenvalue weighted by Crippen LogP contribution is -2.33. The molecule has 0 aromatic carbocycles. The second-order valence-electron chi connectivity index (χ2n) is 6.12. The molecule has 0 spiro atoms. The Balaban J connectivity index is 0.000000260. The minimum Gasteiger partial charge on any atom is -0.394 e. The molecule has 1 fully saturated rings. The molecule has 1 aliphatic rings. The summed E-state index contributed by atoms with van der Waals surface area (Å²) < 4.78 is 43.0. The summed E-state index contributed by atoms with van der Waals surface area (Å²) in [5.74, 6) is -0.101. The third-order valence-corrected chi connectivity index (χ3v) is 7.01. The first-order valence-electron chi connectivity index (χ1n) is 8.15. The molecule has 0 bridgehead atoms. The number of rotatable bonds is 6. The van der Waals surface area contributed by atoms with Gasteiger partial charge in [-0.1, -0.05) is 0 Å². The summed E-state index contributed by atoms with van der Waals surface area (Å²) in [6.45, 7) is -0.447. The number of nitrogens with one attached hydrogen (secondary N) is 1. The fraction of sp³-hybridized carbons (Fsp3) is 0.500. The zero-order chi connectivity index (χ0) is 25.4. The first kappa shape index (κ1) is 27.6. The Hall–Kier alpha value is -1.60. The fourth-order valence-corrected chi connectivity index (χ4v) is 5.06. The van der Waals surface area contributed by atoms with E-state index in [1.807, 2.05) is 0 Å². The standard InChI is InChI=1S/C10H13N5O5.H5O10P3/c11-10-13-7-4(8(19)14-10)12-2-15(7)9-6(18)5(17)3(1-16)20-9;1-11(2,3)9-13(7,8)10-12(4,5)6/h2-3,5-6,9,16-18H,1H2,(H3,11,13,14,19);(H,7,8)(H2,1,2,3)(H2,4,5,6)/t3-,5-,6-,9-;/m1./s1. The number of nitrogen functional groups attached to an aromatic ring is 1. The average molecular weight is 541 g/mol. The highest BCUT2D eigenvalue weighted by Crippen LogP contribution is 2.64. The van der Waals surface area contributed by atoms with E-state index in [0.717, 1.165) is 0 Å². The van der Waals surface area contributed by atoms with E-state index in [-0.39, 0.29) is 17.1 Å². The Morgan fingerprint density at radius 3 is 2.09 bits per heavy atom. The number of hydrogen-bond donors (Lipinski definition) is 10. The van der Waals surface area contributed by atoms with Crippen LogP contribution in [-0.4, -0.2) is 84.2 Å². The molecule has 11 N–H and O–H groups in total. The molecule has 2 aromatic rings. The molecule has 0 amide bonds. The van der Waals surface area contributed by atoms with E-state index < -0.39 is 60.2 Å². The van der Waals surface area contributed by atoms with Gasteiger partial charge in [-0.15, -0.1) is 0 Å². The first-order chi connectivity index (χ1) is 14.9. The van der Waals surface area contributed by atoms with Crippen LogP contribution in [0.25, 0.3) is 11.2 Å². The lowest BCUT2D eigenvalue weighted by atomic mass is 10.1. The van der Waals surface area contributed by atoms with Crippen LogP contribution in [0.5, 0.6) is 0 Å². The number of fused-ring (bicyclic) bond motifs is 1. The molecule has 2 aromatic heterocycles. The lowest BCUT2D eigenvalue weighted by molar-refractivity contribution is -0.0511. The third-order valence-electron chi connectivity index (χ3n) is 3.66. The van der Waals surface area contributed by atoms with Crippen molar-refractivity contribution in [1.82, 2.24) is 19.5 Å². The van der Waals surface area contributed by atoms with Crippen LogP contribution in [0.1, 0.15) is 6.23 Å². The van der Waals surface area contributed by atoms with Gasteiger partial charge in [0, 0.05) is 0 Å². The van der Waals surface area contributed by atoms with Gasteiger partial charge in [0.05, 0.1) is 12.9 Å². The Morgan fingerprint density at radius 1 is 1.09 bits per heavy atom. The van der Waals surface area contributed by atoms with Gasteiger partial charge in [0.1, 0.15) is 18.3 Å². The third kappa shape index (κ3) is 7.44. The van der Waals surface area contributed by atoms with Gasteiger partial charge in [-0.2, -0.15) is 13.6 Å². The van der Waals surface area contributed by atoms with Gasteiger partial charge >= 0.3 is 23.5 Å². The predicted octanol–water partition coefficient (Wildman–Crippen LogP) is -3.38. The molecule has 20 nitrogen and oxygen atoms in total. The van der Waals surface area contributed by atoms with E-state index in [9.17, 15) is 28.7 Å². The van der Waals surface area contributed by atoms with Crippen molar-refractivity contribution in [2.45, 2.75) is 24.5 Å². The molecule has 3 heterocycles. The molecule has 4 atom stereocenters. The number of aliphatic hydroxyl groups is 3. The monoisotopic (exact) mass is 541 g/mol. The summed E-state index contributed by atoms with van der Waals surface area (Å²) in [6.07, 6.45) is -3.21. The van der Waals surface area contributed by atoms with Crippen molar-refractivity contribution in [2.75, 3.05) is 12.3 Å². The maximum Gasteiger partial charge on any atom is 0.490 e. The number of anilines is 1. The number of imidazole rings is 1. The minimum absolute atomic E-state index is 0.0388. The number of aromatic amines is 1. The van der Waals surface area contributed by atoms with Gasteiger partial charge in [-0.3, -0.25) is 14.3 Å². The van der Waals surface area contributed by atoms with E-state index in [4.69, 9.17) is 40.0 Å². The summed E-state index contributed by atoms with van der Waals surface area (Å²) in [4.78, 5) is 62.0. The van der Waals surface area contributed by atoms with Crippen LogP contribution in [0, 0.1) is 0 Å². The molecule has 0 saturated carbocycles. The second kappa shape index (κ2) is 9.95. The summed E-state index contributed by atoms with van der Waals surface area (Å²) >= 11 is 0. The van der Waals surface area contributed by atoms with Gasteiger partial charge in [0.15, 0.2) is 17.4 Å². The van der Waals surface area contributed by atoms with Crippen LogP contribution in [-0.2, 0) is 27.1 Å². The average Bonchev–Trinajstić information content (AvgIpc) is 3.13. The summed E-state index contributed by atoms with van der Waals surface area (Å²) in [7, 11) is -16.2.